The molecule has 1 aliphatic rings. The monoisotopic (exact) mass is 637 g/mol. The smallest absolute Gasteiger partial charge is 0.261 e. The molecule has 4 atom stereocenters. The van der Waals surface area contributed by atoms with Crippen LogP contribution in [0.2, 0.25) is 0 Å². The summed E-state index contributed by atoms with van der Waals surface area (Å²) in [6, 6.07) is 22.6. The van der Waals surface area contributed by atoms with Crippen molar-refractivity contribution in [1.29, 1.82) is 0 Å². The highest BCUT2D eigenvalue weighted by Gasteiger charge is 2.30. The molecule has 45 heavy (non-hydrogen) atoms. The Morgan fingerprint density at radius 3 is 2.40 bits per heavy atom. The zero-order valence-electron chi connectivity index (χ0n) is 26.8. The summed E-state index contributed by atoms with van der Waals surface area (Å²) in [6.07, 6.45) is 2.21. The number of likely N-dealkylation sites (N-methyl/N-ethyl adjacent to an activating group) is 1. The number of carbonyl (C=O) groups is 1. The van der Waals surface area contributed by atoms with Crippen LogP contribution in [-0.2, 0) is 21.3 Å². The minimum atomic E-state index is -3.88. The average Bonchev–Trinajstić information content (AvgIpc) is 3.03. The lowest BCUT2D eigenvalue weighted by Crippen LogP contribution is -2.47. The SMILES string of the molecule is C[C@@H]1CCCCO[C@@H](CN(C)Cc2ccccc2)[C@H](C)CN([C@H](C)CO)C(=O)c2cc(NS(=O)(=O)c3ccccc3)ccc2O1. The molecule has 0 bridgehead atoms. The van der Waals surface area contributed by atoms with E-state index in [4.69, 9.17) is 9.47 Å². The third kappa shape index (κ3) is 9.77. The molecule has 2 N–H and O–H groups in total. The standard InChI is InChI=1S/C35H47N3O6S/c1-26-22-38(27(2)25-39)35(40)32-21-30(36-45(41,42)31-16-9-6-10-17-31)18-19-33(32)44-28(3)13-11-12-20-43-34(26)24-37(4)23-29-14-7-5-8-15-29/h5-10,14-19,21,26-28,34,36,39H,11-13,20,22-25H2,1-4H3/t26-,27-,28-,34+/m1/s1. The maximum absolute atomic E-state index is 14.3. The van der Waals surface area contributed by atoms with Crippen molar-refractivity contribution in [2.24, 2.45) is 5.92 Å². The number of nitrogens with zero attached hydrogens (tertiary/aromatic N) is 2. The van der Waals surface area contributed by atoms with E-state index in [9.17, 15) is 18.3 Å². The van der Waals surface area contributed by atoms with Gasteiger partial charge in [-0.25, -0.2) is 8.42 Å². The molecule has 1 heterocycles. The Bertz CT molecular complexity index is 1470. The van der Waals surface area contributed by atoms with Gasteiger partial charge in [-0.1, -0.05) is 55.5 Å². The van der Waals surface area contributed by atoms with Crippen molar-refractivity contribution in [3.8, 4) is 5.75 Å². The summed E-state index contributed by atoms with van der Waals surface area (Å²) < 4.78 is 41.5. The first-order chi connectivity index (χ1) is 21.6. The zero-order valence-corrected chi connectivity index (χ0v) is 27.6. The number of amides is 1. The van der Waals surface area contributed by atoms with Crippen molar-refractivity contribution in [3.63, 3.8) is 0 Å². The van der Waals surface area contributed by atoms with Crippen LogP contribution in [0.4, 0.5) is 5.69 Å². The Hall–Kier alpha value is -3.44. The van der Waals surface area contributed by atoms with Crippen LogP contribution in [0.1, 0.15) is 56.0 Å². The molecule has 0 aromatic heterocycles. The van der Waals surface area contributed by atoms with E-state index in [0.29, 0.717) is 25.4 Å². The van der Waals surface area contributed by atoms with Crippen molar-refractivity contribution < 1.29 is 27.8 Å². The number of aliphatic hydroxyl groups excluding tert-OH is 1. The molecule has 1 amide bonds. The predicted molar refractivity (Wildman–Crippen MR) is 177 cm³/mol. The molecular formula is C35H47N3O6S. The number of ether oxygens (including phenoxy) is 2. The molecule has 0 saturated heterocycles. The van der Waals surface area contributed by atoms with Crippen LogP contribution in [0.15, 0.2) is 83.8 Å². The molecule has 0 spiro atoms. The molecule has 0 radical (unpaired) electrons. The largest absolute Gasteiger partial charge is 0.490 e. The van der Waals surface area contributed by atoms with Gasteiger partial charge in [0.05, 0.1) is 35.3 Å². The Morgan fingerprint density at radius 1 is 1.02 bits per heavy atom. The number of hydrogen-bond acceptors (Lipinski definition) is 7. The second kappa shape index (κ2) is 16.2. The first kappa shape index (κ1) is 34.4. The molecular weight excluding hydrogens is 590 g/mol. The lowest BCUT2D eigenvalue weighted by Gasteiger charge is -2.36. The number of nitrogens with one attached hydrogen (secondary N) is 1. The summed E-state index contributed by atoms with van der Waals surface area (Å²) in [5.74, 6) is -0.0302. The second-order valence-electron chi connectivity index (χ2n) is 12.1. The number of sulfonamides is 1. The van der Waals surface area contributed by atoms with E-state index in [2.05, 4.69) is 35.7 Å². The Labute approximate surface area is 268 Å². The Balaban J connectivity index is 1.64. The van der Waals surface area contributed by atoms with Gasteiger partial charge in [-0.2, -0.15) is 0 Å². The van der Waals surface area contributed by atoms with Crippen LogP contribution in [0, 0.1) is 5.92 Å². The van der Waals surface area contributed by atoms with Gasteiger partial charge in [0, 0.05) is 37.8 Å². The molecule has 0 fully saturated rings. The Morgan fingerprint density at radius 2 is 1.71 bits per heavy atom. The van der Waals surface area contributed by atoms with Gasteiger partial charge in [0.1, 0.15) is 5.75 Å². The molecule has 0 unspecified atom stereocenters. The van der Waals surface area contributed by atoms with Crippen molar-refractivity contribution in [1.82, 2.24) is 9.80 Å². The summed E-state index contributed by atoms with van der Waals surface area (Å²) in [5, 5.41) is 10.2. The fourth-order valence-electron chi connectivity index (χ4n) is 5.53. The van der Waals surface area contributed by atoms with E-state index in [-0.39, 0.29) is 46.8 Å². The van der Waals surface area contributed by atoms with E-state index in [1.807, 2.05) is 25.1 Å². The quantitative estimate of drug-likeness (QED) is 0.323. The minimum Gasteiger partial charge on any atom is -0.490 e. The number of hydrogen-bond donors (Lipinski definition) is 2. The van der Waals surface area contributed by atoms with Crippen LogP contribution in [0.5, 0.6) is 5.75 Å². The number of benzene rings is 3. The van der Waals surface area contributed by atoms with Gasteiger partial charge in [-0.05, 0) is 76.1 Å². The van der Waals surface area contributed by atoms with Gasteiger partial charge in [-0.15, -0.1) is 0 Å². The number of fused-ring (bicyclic) bond motifs is 1. The first-order valence-electron chi connectivity index (χ1n) is 15.7. The maximum atomic E-state index is 14.3. The molecule has 244 valence electrons. The summed E-state index contributed by atoms with van der Waals surface area (Å²) >= 11 is 0. The summed E-state index contributed by atoms with van der Waals surface area (Å²) in [7, 11) is -1.81. The summed E-state index contributed by atoms with van der Waals surface area (Å²) in [6.45, 7) is 7.98. The minimum absolute atomic E-state index is 0.0628. The van der Waals surface area contributed by atoms with Crippen LogP contribution in [0.25, 0.3) is 0 Å². The molecule has 3 aromatic carbocycles. The van der Waals surface area contributed by atoms with E-state index in [0.717, 1.165) is 25.8 Å². The van der Waals surface area contributed by atoms with E-state index >= 15 is 0 Å². The van der Waals surface area contributed by atoms with E-state index in [1.54, 1.807) is 42.2 Å². The van der Waals surface area contributed by atoms with Crippen LogP contribution in [-0.4, -0.2) is 80.8 Å². The third-order valence-electron chi connectivity index (χ3n) is 8.14. The molecule has 4 rings (SSSR count). The fraction of sp³-hybridized carbons (Fsp3) is 0.457. The molecule has 10 heteroatoms. The summed E-state index contributed by atoms with van der Waals surface area (Å²) in [4.78, 5) is 18.3. The van der Waals surface area contributed by atoms with Gasteiger partial charge in [-0.3, -0.25) is 14.4 Å². The molecule has 1 aliphatic heterocycles. The molecule has 0 saturated carbocycles. The number of carbonyl (C=O) groups excluding carboxylic acids is 1. The number of rotatable bonds is 9. The van der Waals surface area contributed by atoms with Gasteiger partial charge < -0.3 is 19.5 Å². The fourth-order valence-corrected chi connectivity index (χ4v) is 6.60. The van der Waals surface area contributed by atoms with Crippen molar-refractivity contribution in [3.05, 3.63) is 90.0 Å². The highest BCUT2D eigenvalue weighted by atomic mass is 32.2. The first-order valence-corrected chi connectivity index (χ1v) is 17.2. The number of anilines is 1. The van der Waals surface area contributed by atoms with Gasteiger partial charge >= 0.3 is 0 Å². The average molecular weight is 638 g/mol. The van der Waals surface area contributed by atoms with Crippen molar-refractivity contribution >= 4 is 21.6 Å². The topological polar surface area (TPSA) is 108 Å². The van der Waals surface area contributed by atoms with Crippen LogP contribution in [0.3, 0.4) is 0 Å². The maximum Gasteiger partial charge on any atom is 0.261 e. The lowest BCUT2D eigenvalue weighted by atomic mass is 10.0. The van der Waals surface area contributed by atoms with Crippen LogP contribution < -0.4 is 9.46 Å². The van der Waals surface area contributed by atoms with E-state index < -0.39 is 16.1 Å². The third-order valence-corrected chi connectivity index (χ3v) is 9.54. The second-order valence-corrected chi connectivity index (χ2v) is 13.8. The highest BCUT2D eigenvalue weighted by Crippen LogP contribution is 2.29. The zero-order chi connectivity index (χ0) is 32.4. The summed E-state index contributed by atoms with van der Waals surface area (Å²) in [5.41, 5.74) is 1.69. The van der Waals surface area contributed by atoms with Gasteiger partial charge in [0.15, 0.2) is 0 Å². The molecule has 9 nitrogen and oxygen atoms in total. The lowest BCUT2D eigenvalue weighted by molar-refractivity contribution is -0.0177. The highest BCUT2D eigenvalue weighted by molar-refractivity contribution is 7.92. The van der Waals surface area contributed by atoms with Crippen LogP contribution >= 0.6 is 0 Å². The van der Waals surface area contributed by atoms with Crippen molar-refractivity contribution in [2.45, 2.75) is 69.7 Å². The predicted octanol–water partition coefficient (Wildman–Crippen LogP) is 5.41. The molecule has 0 aliphatic carbocycles. The van der Waals surface area contributed by atoms with Crippen molar-refractivity contribution in [2.75, 3.05) is 38.1 Å². The number of aliphatic hydroxyl groups is 1. The van der Waals surface area contributed by atoms with Gasteiger partial charge in [0.25, 0.3) is 15.9 Å². The normalized spacial score (nSPS) is 21.0. The Kier molecular flexibility index (Phi) is 12.4. The van der Waals surface area contributed by atoms with Gasteiger partial charge in [0.2, 0.25) is 0 Å². The van der Waals surface area contributed by atoms with E-state index in [1.165, 1.54) is 23.8 Å². The molecule has 3 aromatic rings.